The van der Waals surface area contributed by atoms with Crippen LogP contribution in [0, 0.1) is 19.7 Å². The van der Waals surface area contributed by atoms with Crippen LogP contribution in [0.25, 0.3) is 0 Å². The molecule has 0 saturated carbocycles. The van der Waals surface area contributed by atoms with Gasteiger partial charge in [-0.1, -0.05) is 0 Å². The van der Waals surface area contributed by atoms with Gasteiger partial charge in [0.2, 0.25) is 0 Å². The molecule has 0 aliphatic carbocycles. The second-order valence-corrected chi connectivity index (χ2v) is 6.18. The minimum absolute atomic E-state index is 0.280. The summed E-state index contributed by atoms with van der Waals surface area (Å²) >= 11 is 0. The summed E-state index contributed by atoms with van der Waals surface area (Å²) in [6, 6.07) is 10.1. The molecule has 0 bridgehead atoms. The number of rotatable bonds is 7. The monoisotopic (exact) mass is 355 g/mol. The van der Waals surface area contributed by atoms with Gasteiger partial charge >= 0.3 is 0 Å². The van der Waals surface area contributed by atoms with Crippen LogP contribution in [0.5, 0.6) is 5.75 Å². The Morgan fingerprint density at radius 1 is 1.15 bits per heavy atom. The Morgan fingerprint density at radius 2 is 1.85 bits per heavy atom. The zero-order valence-electron chi connectivity index (χ0n) is 16.1. The van der Waals surface area contributed by atoms with Gasteiger partial charge in [0.05, 0.1) is 17.7 Å². The fourth-order valence-electron chi connectivity index (χ4n) is 2.44. The van der Waals surface area contributed by atoms with E-state index < -0.39 is 0 Å². The SMILES string of the molecule is CCN(C)/C=N/c1cc(C)c(/C(COc2ccc(F)cc2)=N/C)cc1C. The highest BCUT2D eigenvalue weighted by Gasteiger charge is 2.11. The third kappa shape index (κ3) is 5.15. The third-order valence-electron chi connectivity index (χ3n) is 4.21. The second kappa shape index (κ2) is 9.13. The fourth-order valence-corrected chi connectivity index (χ4v) is 2.44. The molecular formula is C21H26FN3O. The van der Waals surface area contributed by atoms with E-state index in [0.717, 1.165) is 34.6 Å². The van der Waals surface area contributed by atoms with Gasteiger partial charge < -0.3 is 9.64 Å². The number of ether oxygens (including phenoxy) is 1. The van der Waals surface area contributed by atoms with Crippen molar-refractivity contribution in [3.05, 3.63) is 58.9 Å². The van der Waals surface area contributed by atoms with Crippen molar-refractivity contribution < 1.29 is 9.13 Å². The Labute approximate surface area is 155 Å². The first-order valence-corrected chi connectivity index (χ1v) is 8.64. The molecule has 2 aromatic carbocycles. The van der Waals surface area contributed by atoms with E-state index in [9.17, 15) is 4.39 Å². The summed E-state index contributed by atoms with van der Waals surface area (Å²) in [4.78, 5) is 11.0. The lowest BCUT2D eigenvalue weighted by Crippen LogP contribution is -2.15. The first-order chi connectivity index (χ1) is 12.4. The number of aliphatic imine (C=N–C) groups is 2. The van der Waals surface area contributed by atoms with Gasteiger partial charge in [0, 0.05) is 26.2 Å². The second-order valence-electron chi connectivity index (χ2n) is 6.18. The summed E-state index contributed by atoms with van der Waals surface area (Å²) in [6.07, 6.45) is 1.84. The number of aryl methyl sites for hydroxylation is 2. The molecule has 0 saturated heterocycles. The van der Waals surface area contributed by atoms with Crippen LogP contribution in [-0.4, -0.2) is 44.2 Å². The molecular weight excluding hydrogens is 329 g/mol. The van der Waals surface area contributed by atoms with Gasteiger partial charge in [0.1, 0.15) is 18.2 Å². The number of hydrogen-bond donors (Lipinski definition) is 0. The normalized spacial score (nSPS) is 11.8. The van der Waals surface area contributed by atoms with Gasteiger partial charge in [-0.3, -0.25) is 4.99 Å². The quantitative estimate of drug-likeness (QED) is 0.540. The molecule has 2 aromatic rings. The Morgan fingerprint density at radius 3 is 2.46 bits per heavy atom. The van der Waals surface area contributed by atoms with Crippen LogP contribution >= 0.6 is 0 Å². The van der Waals surface area contributed by atoms with Gasteiger partial charge in [-0.15, -0.1) is 0 Å². The van der Waals surface area contributed by atoms with Crippen LogP contribution < -0.4 is 4.74 Å². The van der Waals surface area contributed by atoms with Crippen LogP contribution in [-0.2, 0) is 0 Å². The summed E-state index contributed by atoms with van der Waals surface area (Å²) < 4.78 is 18.7. The Bertz CT molecular complexity index is 798. The molecule has 0 fully saturated rings. The summed E-state index contributed by atoms with van der Waals surface area (Å²) in [7, 11) is 3.75. The van der Waals surface area contributed by atoms with E-state index in [1.165, 1.54) is 12.1 Å². The molecule has 0 aliphatic heterocycles. The highest BCUT2D eigenvalue weighted by atomic mass is 19.1. The van der Waals surface area contributed by atoms with Crippen molar-refractivity contribution in [3.63, 3.8) is 0 Å². The summed E-state index contributed by atoms with van der Waals surface area (Å²) in [5, 5.41) is 0. The Balaban J connectivity index is 2.18. The van der Waals surface area contributed by atoms with E-state index in [1.807, 2.05) is 32.1 Å². The average molecular weight is 355 g/mol. The van der Waals surface area contributed by atoms with Crippen molar-refractivity contribution >= 4 is 17.7 Å². The van der Waals surface area contributed by atoms with Crippen molar-refractivity contribution in [1.82, 2.24) is 4.90 Å². The van der Waals surface area contributed by atoms with E-state index in [-0.39, 0.29) is 5.82 Å². The first-order valence-electron chi connectivity index (χ1n) is 8.64. The van der Waals surface area contributed by atoms with Crippen molar-refractivity contribution in [3.8, 4) is 5.75 Å². The van der Waals surface area contributed by atoms with Crippen molar-refractivity contribution in [2.75, 3.05) is 27.2 Å². The Hall–Kier alpha value is -2.69. The first kappa shape index (κ1) is 19.6. The topological polar surface area (TPSA) is 37.2 Å². The smallest absolute Gasteiger partial charge is 0.130 e. The molecule has 0 heterocycles. The predicted molar refractivity (Wildman–Crippen MR) is 107 cm³/mol. The van der Waals surface area contributed by atoms with Crippen molar-refractivity contribution in [1.29, 1.82) is 0 Å². The predicted octanol–water partition coefficient (Wildman–Crippen LogP) is 4.55. The number of nitrogens with zero attached hydrogens (tertiary/aromatic N) is 3. The molecule has 138 valence electrons. The maximum absolute atomic E-state index is 13.0. The van der Waals surface area contributed by atoms with Gasteiger partial charge in [0.25, 0.3) is 0 Å². The summed E-state index contributed by atoms with van der Waals surface area (Å²) in [5.74, 6) is 0.337. The lowest BCUT2D eigenvalue weighted by atomic mass is 10.00. The number of benzene rings is 2. The zero-order valence-corrected chi connectivity index (χ0v) is 16.1. The largest absolute Gasteiger partial charge is 0.487 e. The number of halogens is 1. The molecule has 0 atom stereocenters. The average Bonchev–Trinajstić information content (AvgIpc) is 2.64. The van der Waals surface area contributed by atoms with E-state index in [1.54, 1.807) is 19.2 Å². The van der Waals surface area contributed by atoms with Crippen LogP contribution in [0.1, 0.15) is 23.6 Å². The number of hydrogen-bond acceptors (Lipinski definition) is 3. The van der Waals surface area contributed by atoms with E-state index in [2.05, 4.69) is 29.0 Å². The molecule has 26 heavy (non-hydrogen) atoms. The standard InChI is InChI=1S/C21H26FN3O/c1-6-25(5)14-24-20-12-15(2)19(11-16(20)3)21(23-4)13-26-18-9-7-17(22)8-10-18/h7-12,14H,6,13H2,1-5H3/b23-21+,24-14+. The minimum Gasteiger partial charge on any atom is -0.487 e. The highest BCUT2D eigenvalue weighted by Crippen LogP contribution is 2.24. The Kier molecular flexibility index (Phi) is 6.89. The molecule has 0 amide bonds. The lowest BCUT2D eigenvalue weighted by Gasteiger charge is -2.14. The molecule has 0 radical (unpaired) electrons. The van der Waals surface area contributed by atoms with E-state index in [0.29, 0.717) is 12.4 Å². The van der Waals surface area contributed by atoms with Crippen LogP contribution in [0.2, 0.25) is 0 Å². The van der Waals surface area contributed by atoms with Gasteiger partial charge in [-0.25, -0.2) is 9.38 Å². The fraction of sp³-hybridized carbons (Fsp3) is 0.333. The van der Waals surface area contributed by atoms with Crippen molar-refractivity contribution in [2.24, 2.45) is 9.98 Å². The lowest BCUT2D eigenvalue weighted by molar-refractivity contribution is 0.376. The van der Waals surface area contributed by atoms with E-state index >= 15 is 0 Å². The molecule has 5 heteroatoms. The molecule has 0 unspecified atom stereocenters. The van der Waals surface area contributed by atoms with Crippen molar-refractivity contribution in [2.45, 2.75) is 20.8 Å². The van der Waals surface area contributed by atoms with Crippen LogP contribution in [0.4, 0.5) is 10.1 Å². The highest BCUT2D eigenvalue weighted by molar-refractivity contribution is 6.03. The molecule has 0 aromatic heterocycles. The molecule has 0 spiro atoms. The zero-order chi connectivity index (χ0) is 19.1. The summed E-state index contributed by atoms with van der Waals surface area (Å²) in [6.45, 7) is 7.39. The molecule has 4 nitrogen and oxygen atoms in total. The maximum atomic E-state index is 13.0. The van der Waals surface area contributed by atoms with Gasteiger partial charge in [-0.2, -0.15) is 0 Å². The van der Waals surface area contributed by atoms with Gasteiger partial charge in [0.15, 0.2) is 0 Å². The van der Waals surface area contributed by atoms with Crippen LogP contribution in [0.15, 0.2) is 46.4 Å². The third-order valence-corrected chi connectivity index (χ3v) is 4.21. The molecule has 0 N–H and O–H groups in total. The molecule has 0 aliphatic rings. The van der Waals surface area contributed by atoms with E-state index in [4.69, 9.17) is 4.74 Å². The van der Waals surface area contributed by atoms with Crippen LogP contribution in [0.3, 0.4) is 0 Å². The van der Waals surface area contributed by atoms with Gasteiger partial charge in [-0.05, 0) is 68.3 Å². The summed E-state index contributed by atoms with van der Waals surface area (Å²) in [5.41, 5.74) is 4.99. The maximum Gasteiger partial charge on any atom is 0.130 e. The minimum atomic E-state index is -0.280. The molecule has 2 rings (SSSR count).